The van der Waals surface area contributed by atoms with E-state index in [9.17, 15) is 13.2 Å². The smallest absolute Gasteiger partial charge is 0.304 e. The van der Waals surface area contributed by atoms with Gasteiger partial charge in [-0.3, -0.25) is 4.79 Å². The molecule has 0 fully saturated rings. The monoisotopic (exact) mass is 397 g/mol. The quantitative estimate of drug-likeness (QED) is 0.797. The van der Waals surface area contributed by atoms with E-state index in [1.165, 1.54) is 18.2 Å². The summed E-state index contributed by atoms with van der Waals surface area (Å²) in [6.07, 6.45) is -0.294. The summed E-state index contributed by atoms with van der Waals surface area (Å²) in [7, 11) is -3.83. The largest absolute Gasteiger partial charge is 0.481 e. The number of carboxylic acid groups (broad SMARTS) is 1. The Kier molecular flexibility index (Phi) is 5.83. The Bertz CT molecular complexity index is 640. The molecule has 21 heavy (non-hydrogen) atoms. The Hall–Kier alpha value is -0.630. The van der Waals surface area contributed by atoms with Gasteiger partial charge in [0.25, 0.3) is 0 Å². The van der Waals surface area contributed by atoms with E-state index in [1.807, 2.05) is 0 Å². The molecule has 0 aliphatic carbocycles. The van der Waals surface area contributed by atoms with Gasteiger partial charge in [0, 0.05) is 10.5 Å². The highest BCUT2D eigenvalue weighted by molar-refractivity contribution is 9.10. The Balaban J connectivity index is 3.11. The third kappa shape index (κ3) is 5.25. The van der Waals surface area contributed by atoms with Gasteiger partial charge in [-0.1, -0.05) is 32.4 Å². The van der Waals surface area contributed by atoms with E-state index >= 15 is 0 Å². The summed E-state index contributed by atoms with van der Waals surface area (Å²) in [5.74, 6) is -1.06. The van der Waals surface area contributed by atoms with Crippen LogP contribution in [-0.2, 0) is 14.8 Å². The van der Waals surface area contributed by atoms with Crippen molar-refractivity contribution in [3.05, 3.63) is 27.7 Å². The van der Waals surface area contributed by atoms with Gasteiger partial charge in [0.15, 0.2) is 0 Å². The van der Waals surface area contributed by atoms with Crippen molar-refractivity contribution in [2.24, 2.45) is 5.41 Å². The number of rotatable bonds is 5. The molecule has 8 heteroatoms. The van der Waals surface area contributed by atoms with E-state index in [2.05, 4.69) is 20.7 Å². The Morgan fingerprint density at radius 2 is 2.00 bits per heavy atom. The van der Waals surface area contributed by atoms with Crippen molar-refractivity contribution in [3.63, 3.8) is 0 Å². The first-order valence-corrected chi connectivity index (χ1v) is 8.78. The van der Waals surface area contributed by atoms with Crippen molar-refractivity contribution >= 4 is 43.5 Å². The summed E-state index contributed by atoms with van der Waals surface area (Å²) in [5.41, 5.74) is -0.533. The van der Waals surface area contributed by atoms with Crippen LogP contribution in [0.4, 0.5) is 0 Å². The first-order valence-electron chi connectivity index (χ1n) is 6.12. The fourth-order valence-electron chi connectivity index (χ4n) is 1.60. The van der Waals surface area contributed by atoms with Gasteiger partial charge in [0.05, 0.1) is 16.3 Å². The van der Waals surface area contributed by atoms with Gasteiger partial charge in [0.1, 0.15) is 0 Å². The molecule has 0 bridgehead atoms. The van der Waals surface area contributed by atoms with Crippen LogP contribution in [0.15, 0.2) is 27.6 Å². The maximum absolute atomic E-state index is 12.4. The number of aliphatic carboxylic acids is 1. The van der Waals surface area contributed by atoms with Crippen molar-refractivity contribution in [1.29, 1.82) is 0 Å². The molecule has 1 atom stereocenters. The van der Waals surface area contributed by atoms with E-state index in [4.69, 9.17) is 16.7 Å². The summed E-state index contributed by atoms with van der Waals surface area (Å²) < 4.78 is 27.6. The molecule has 0 saturated heterocycles. The fourth-order valence-corrected chi connectivity index (χ4v) is 3.71. The fraction of sp³-hybridized carbons (Fsp3) is 0.462. The highest BCUT2D eigenvalue weighted by atomic mass is 79.9. The molecule has 0 aliphatic heterocycles. The lowest BCUT2D eigenvalue weighted by atomic mass is 9.85. The zero-order valence-corrected chi connectivity index (χ0v) is 15.0. The lowest BCUT2D eigenvalue weighted by Crippen LogP contribution is -2.44. The molecule has 0 heterocycles. The van der Waals surface area contributed by atoms with Gasteiger partial charge in [-0.05, 0) is 39.5 Å². The van der Waals surface area contributed by atoms with Gasteiger partial charge in [-0.2, -0.15) is 0 Å². The molecule has 2 N–H and O–H groups in total. The molecule has 0 aromatic heterocycles. The zero-order chi connectivity index (χ0) is 16.4. The summed E-state index contributed by atoms with van der Waals surface area (Å²) >= 11 is 9.00. The first-order chi connectivity index (χ1) is 9.43. The molecule has 118 valence electrons. The second-order valence-corrected chi connectivity index (χ2v) is 8.69. The summed E-state index contributed by atoms with van der Waals surface area (Å²) in [4.78, 5) is 10.9. The van der Waals surface area contributed by atoms with Crippen molar-refractivity contribution in [1.82, 2.24) is 4.72 Å². The second-order valence-electron chi connectivity index (χ2n) is 5.71. The van der Waals surface area contributed by atoms with Crippen molar-refractivity contribution in [2.75, 3.05) is 0 Å². The van der Waals surface area contributed by atoms with Crippen molar-refractivity contribution in [3.8, 4) is 0 Å². The highest BCUT2D eigenvalue weighted by Gasteiger charge is 2.31. The average Bonchev–Trinajstić information content (AvgIpc) is 2.29. The van der Waals surface area contributed by atoms with E-state index < -0.39 is 27.4 Å². The molecule has 1 rings (SSSR count). The molecule has 1 aromatic rings. The number of halogens is 2. The van der Waals surface area contributed by atoms with Gasteiger partial charge >= 0.3 is 5.97 Å². The number of benzene rings is 1. The van der Waals surface area contributed by atoms with Gasteiger partial charge < -0.3 is 5.11 Å². The normalized spacial score (nSPS) is 14.0. The minimum absolute atomic E-state index is 0.0263. The van der Waals surface area contributed by atoms with Crippen LogP contribution in [0, 0.1) is 5.41 Å². The second kappa shape index (κ2) is 6.64. The number of carbonyl (C=O) groups is 1. The first kappa shape index (κ1) is 18.4. The third-order valence-electron chi connectivity index (χ3n) is 2.92. The minimum Gasteiger partial charge on any atom is -0.481 e. The maximum Gasteiger partial charge on any atom is 0.304 e. The summed E-state index contributed by atoms with van der Waals surface area (Å²) in [6.45, 7) is 5.34. The van der Waals surface area contributed by atoms with Crippen LogP contribution in [0.5, 0.6) is 0 Å². The highest BCUT2D eigenvalue weighted by Crippen LogP contribution is 2.27. The summed E-state index contributed by atoms with van der Waals surface area (Å²) in [6, 6.07) is 3.49. The van der Waals surface area contributed by atoms with Crippen LogP contribution in [0.3, 0.4) is 0 Å². The number of carboxylic acids is 1. The van der Waals surface area contributed by atoms with Crippen molar-refractivity contribution < 1.29 is 18.3 Å². The Morgan fingerprint density at radius 3 is 2.43 bits per heavy atom. The van der Waals surface area contributed by atoms with E-state index in [0.29, 0.717) is 9.50 Å². The Morgan fingerprint density at radius 1 is 1.43 bits per heavy atom. The SMILES string of the molecule is CC(C)(C)C(CC(=O)O)NS(=O)(=O)c1ccc(Cl)c(Br)c1. The molecule has 0 radical (unpaired) electrons. The summed E-state index contributed by atoms with van der Waals surface area (Å²) in [5, 5.41) is 9.33. The van der Waals surface area contributed by atoms with Crippen LogP contribution in [0.25, 0.3) is 0 Å². The van der Waals surface area contributed by atoms with Gasteiger partial charge in [0.2, 0.25) is 10.0 Å². The van der Waals surface area contributed by atoms with Gasteiger partial charge in [-0.25, -0.2) is 13.1 Å². The Labute approximate surface area is 137 Å². The number of nitrogens with one attached hydrogen (secondary N) is 1. The van der Waals surface area contributed by atoms with Crippen molar-refractivity contribution in [2.45, 2.75) is 38.1 Å². The zero-order valence-electron chi connectivity index (χ0n) is 11.9. The molecule has 0 spiro atoms. The standard InChI is InChI=1S/C13H17BrClNO4S/c1-13(2,3)11(7-12(17)18)16-21(19,20)8-4-5-10(15)9(14)6-8/h4-6,11,16H,7H2,1-3H3,(H,17,18). The maximum atomic E-state index is 12.4. The van der Waals surface area contributed by atoms with Crippen LogP contribution in [0.1, 0.15) is 27.2 Å². The molecule has 5 nitrogen and oxygen atoms in total. The van der Waals surface area contributed by atoms with Crippen LogP contribution < -0.4 is 4.72 Å². The predicted molar refractivity (Wildman–Crippen MR) is 85.0 cm³/mol. The molecular weight excluding hydrogens is 382 g/mol. The van der Waals surface area contributed by atoms with E-state index in [0.717, 1.165) is 0 Å². The number of sulfonamides is 1. The average molecular weight is 399 g/mol. The molecule has 1 unspecified atom stereocenters. The minimum atomic E-state index is -3.83. The number of hydrogen-bond acceptors (Lipinski definition) is 3. The van der Waals surface area contributed by atoms with E-state index in [1.54, 1.807) is 20.8 Å². The third-order valence-corrected chi connectivity index (χ3v) is 5.61. The molecule has 0 amide bonds. The molecule has 0 saturated carbocycles. The predicted octanol–water partition coefficient (Wildman–Crippen LogP) is 3.27. The number of hydrogen-bond donors (Lipinski definition) is 2. The molecule has 0 aliphatic rings. The lowest BCUT2D eigenvalue weighted by molar-refractivity contribution is -0.138. The topological polar surface area (TPSA) is 83.5 Å². The van der Waals surface area contributed by atoms with Crippen LogP contribution >= 0.6 is 27.5 Å². The van der Waals surface area contributed by atoms with E-state index in [-0.39, 0.29) is 11.3 Å². The molecular formula is C13H17BrClNO4S. The molecule has 1 aromatic carbocycles. The van der Waals surface area contributed by atoms with Crippen LogP contribution in [0.2, 0.25) is 5.02 Å². The van der Waals surface area contributed by atoms with Crippen LogP contribution in [-0.4, -0.2) is 25.5 Å². The van der Waals surface area contributed by atoms with Gasteiger partial charge in [-0.15, -0.1) is 0 Å². The lowest BCUT2D eigenvalue weighted by Gasteiger charge is -2.30.